The lowest BCUT2D eigenvalue weighted by atomic mass is 9.42. The Morgan fingerprint density at radius 3 is 2.28 bits per heavy atom. The lowest BCUT2D eigenvalue weighted by molar-refractivity contribution is -0.219. The van der Waals surface area contributed by atoms with Crippen molar-refractivity contribution in [2.24, 2.45) is 34.5 Å². The smallest absolute Gasteiger partial charge is 0.302 e. The van der Waals surface area contributed by atoms with Gasteiger partial charge < -0.3 is 9.84 Å². The molecule has 5 heteroatoms. The van der Waals surface area contributed by atoms with Crippen LogP contribution in [0.15, 0.2) is 0 Å². The quantitative estimate of drug-likeness (QED) is 0.677. The monoisotopic (exact) mass is 408 g/mol. The van der Waals surface area contributed by atoms with E-state index in [4.69, 9.17) is 4.74 Å². The van der Waals surface area contributed by atoms with Gasteiger partial charge >= 0.3 is 5.97 Å². The van der Waals surface area contributed by atoms with Crippen molar-refractivity contribution in [2.45, 2.75) is 103 Å². The number of carbonyl (C=O) groups is 2. The Balaban J connectivity index is 1.65. The van der Waals surface area contributed by atoms with Crippen LogP contribution in [0.1, 0.15) is 86.0 Å². The molecule has 0 aromatic rings. The van der Waals surface area contributed by atoms with Crippen LogP contribution in [-0.2, 0) is 14.3 Å². The number of rotatable bonds is 2. The van der Waals surface area contributed by atoms with Crippen LogP contribution in [0.5, 0.6) is 0 Å². The third-order valence-electron chi connectivity index (χ3n) is 10.2. The van der Waals surface area contributed by atoms with Crippen molar-refractivity contribution in [3.63, 3.8) is 0 Å². The van der Waals surface area contributed by atoms with Gasteiger partial charge in [0.15, 0.2) is 5.78 Å². The minimum absolute atomic E-state index is 0.0362. The molecule has 29 heavy (non-hydrogen) atoms. The van der Waals surface area contributed by atoms with Crippen LogP contribution in [0.25, 0.3) is 0 Å². The summed E-state index contributed by atoms with van der Waals surface area (Å²) in [5, 5.41) is 11.5. The highest BCUT2D eigenvalue weighted by molar-refractivity contribution is 5.86. The van der Waals surface area contributed by atoms with Crippen LogP contribution in [0.2, 0.25) is 0 Å². The van der Waals surface area contributed by atoms with Crippen LogP contribution in [-0.4, -0.2) is 34.2 Å². The van der Waals surface area contributed by atoms with Crippen molar-refractivity contribution in [3.05, 3.63) is 0 Å². The van der Waals surface area contributed by atoms with Crippen molar-refractivity contribution in [3.8, 4) is 0 Å². The first kappa shape index (κ1) is 21.3. The maximum Gasteiger partial charge on any atom is 0.302 e. The number of alkyl halides is 1. The van der Waals surface area contributed by atoms with Crippen molar-refractivity contribution in [1.29, 1.82) is 0 Å². The fraction of sp³-hybridized carbons (Fsp3) is 0.917. The molecule has 4 saturated carbocycles. The van der Waals surface area contributed by atoms with Crippen LogP contribution in [0.4, 0.5) is 4.39 Å². The van der Waals surface area contributed by atoms with Gasteiger partial charge in [0, 0.05) is 17.8 Å². The van der Waals surface area contributed by atoms with Gasteiger partial charge in [-0.15, -0.1) is 0 Å². The molecule has 0 aromatic carbocycles. The molecular formula is C24H37FO4. The van der Waals surface area contributed by atoms with E-state index in [0.29, 0.717) is 12.8 Å². The van der Waals surface area contributed by atoms with E-state index >= 15 is 4.39 Å². The van der Waals surface area contributed by atoms with Gasteiger partial charge in [0.2, 0.25) is 0 Å². The van der Waals surface area contributed by atoms with Gasteiger partial charge in [0.05, 0.1) is 0 Å². The summed E-state index contributed by atoms with van der Waals surface area (Å²) in [5.41, 5.74) is -3.59. The van der Waals surface area contributed by atoms with Gasteiger partial charge in [0.1, 0.15) is 17.4 Å². The summed E-state index contributed by atoms with van der Waals surface area (Å²) in [6.45, 7) is 9.05. The van der Waals surface area contributed by atoms with Crippen molar-refractivity contribution in [1.82, 2.24) is 0 Å². The summed E-state index contributed by atoms with van der Waals surface area (Å²) < 4.78 is 22.5. The standard InChI is InChI=1S/C24H37FO4/c1-14-12-20-19-7-6-17-13-18(29-16(3)27)8-9-21(17,4)23(19,25)11-10-22(20,5)24(14,28)15(2)26/h14,17-20,28H,6-13H2,1-5H3/t14?,17?,18?,19-,20-,21-,22-,23+,24-/m0/s1. The van der Waals surface area contributed by atoms with E-state index in [1.807, 2.05) is 13.8 Å². The van der Waals surface area contributed by atoms with E-state index in [-0.39, 0.29) is 41.5 Å². The molecule has 0 bridgehead atoms. The average Bonchev–Trinajstić information content (AvgIpc) is 2.84. The summed E-state index contributed by atoms with van der Waals surface area (Å²) in [5.74, 6) is -0.403. The number of ketones is 1. The highest BCUT2D eigenvalue weighted by atomic mass is 19.1. The van der Waals surface area contributed by atoms with Gasteiger partial charge in [-0.3, -0.25) is 9.59 Å². The molecule has 164 valence electrons. The summed E-state index contributed by atoms with van der Waals surface area (Å²) in [6.07, 6.45) is 5.55. The van der Waals surface area contributed by atoms with E-state index in [9.17, 15) is 14.7 Å². The molecule has 4 aliphatic rings. The lowest BCUT2D eigenvalue weighted by Crippen LogP contribution is -2.65. The maximum absolute atomic E-state index is 17.0. The zero-order valence-corrected chi connectivity index (χ0v) is 18.6. The molecule has 0 radical (unpaired) electrons. The molecule has 0 aromatic heterocycles. The maximum atomic E-state index is 17.0. The zero-order chi connectivity index (χ0) is 21.4. The first-order chi connectivity index (χ1) is 13.4. The first-order valence-corrected chi connectivity index (χ1v) is 11.5. The minimum Gasteiger partial charge on any atom is -0.463 e. The second kappa shape index (κ2) is 6.51. The van der Waals surface area contributed by atoms with Crippen molar-refractivity contribution in [2.75, 3.05) is 0 Å². The Kier molecular flexibility index (Phi) is 4.78. The van der Waals surface area contributed by atoms with E-state index < -0.39 is 22.1 Å². The Morgan fingerprint density at radius 2 is 1.66 bits per heavy atom. The molecule has 4 nitrogen and oxygen atoms in total. The van der Waals surface area contributed by atoms with Crippen molar-refractivity contribution >= 4 is 11.8 Å². The first-order valence-electron chi connectivity index (χ1n) is 11.5. The molecule has 4 aliphatic carbocycles. The van der Waals surface area contributed by atoms with Crippen LogP contribution in [0, 0.1) is 34.5 Å². The lowest BCUT2D eigenvalue weighted by Gasteiger charge is -2.64. The third kappa shape index (κ3) is 2.58. The topological polar surface area (TPSA) is 63.6 Å². The molecule has 4 rings (SSSR count). The number of hydrogen-bond donors (Lipinski definition) is 1. The number of carbonyl (C=O) groups excluding carboxylic acids is 2. The fourth-order valence-corrected chi connectivity index (χ4v) is 8.54. The van der Waals surface area contributed by atoms with E-state index in [2.05, 4.69) is 6.92 Å². The Labute approximate surface area is 174 Å². The predicted octanol–water partition coefficient (Wildman–Crippen LogP) is 4.62. The fourth-order valence-electron chi connectivity index (χ4n) is 8.54. The second-order valence-corrected chi connectivity index (χ2v) is 11.1. The highest BCUT2D eigenvalue weighted by Crippen LogP contribution is 2.71. The average molecular weight is 409 g/mol. The van der Waals surface area contributed by atoms with Crippen LogP contribution < -0.4 is 0 Å². The van der Waals surface area contributed by atoms with E-state index in [0.717, 1.165) is 38.5 Å². The SMILES string of the molecule is CC(=O)OC1CC[C@@]2(C)C(CC[C@H]3[C@@H]4CC(C)[C@](O)(C(C)=O)[C@@]4(C)CC[C@@]32F)C1. The molecule has 9 atom stereocenters. The summed E-state index contributed by atoms with van der Waals surface area (Å²) in [7, 11) is 0. The highest BCUT2D eigenvalue weighted by Gasteiger charge is 2.73. The number of hydrogen-bond acceptors (Lipinski definition) is 4. The molecule has 0 spiro atoms. The number of esters is 1. The number of fused-ring (bicyclic) bond motifs is 5. The van der Waals surface area contributed by atoms with Crippen LogP contribution >= 0.6 is 0 Å². The molecule has 0 amide bonds. The van der Waals surface area contributed by atoms with Crippen LogP contribution in [0.3, 0.4) is 0 Å². The zero-order valence-electron chi connectivity index (χ0n) is 18.6. The molecule has 0 aliphatic heterocycles. The summed E-state index contributed by atoms with van der Waals surface area (Å²) >= 11 is 0. The van der Waals surface area contributed by atoms with Gasteiger partial charge in [0.25, 0.3) is 0 Å². The normalized spacial score (nSPS) is 54.1. The molecule has 0 saturated heterocycles. The number of halogens is 1. The number of ether oxygens (including phenoxy) is 1. The molecule has 3 unspecified atom stereocenters. The van der Waals surface area contributed by atoms with Gasteiger partial charge in [-0.05, 0) is 82.0 Å². The Morgan fingerprint density at radius 1 is 0.966 bits per heavy atom. The van der Waals surface area contributed by atoms with E-state index in [1.165, 1.54) is 13.8 Å². The van der Waals surface area contributed by atoms with Gasteiger partial charge in [-0.2, -0.15) is 0 Å². The van der Waals surface area contributed by atoms with Gasteiger partial charge in [-0.1, -0.05) is 20.8 Å². The molecule has 1 N–H and O–H groups in total. The molecular weight excluding hydrogens is 371 g/mol. The molecule has 4 fully saturated rings. The van der Waals surface area contributed by atoms with Crippen molar-refractivity contribution < 1.29 is 23.8 Å². The van der Waals surface area contributed by atoms with Gasteiger partial charge in [-0.25, -0.2) is 4.39 Å². The third-order valence-corrected chi connectivity index (χ3v) is 10.2. The number of Topliss-reactive ketones (excluding diaryl/α,β-unsaturated/α-hetero) is 1. The summed E-state index contributed by atoms with van der Waals surface area (Å²) in [6, 6.07) is 0. The summed E-state index contributed by atoms with van der Waals surface area (Å²) in [4.78, 5) is 23.9. The predicted molar refractivity (Wildman–Crippen MR) is 108 cm³/mol. The Hall–Kier alpha value is -0.970. The largest absolute Gasteiger partial charge is 0.463 e. The minimum atomic E-state index is -1.34. The van der Waals surface area contributed by atoms with E-state index in [1.54, 1.807) is 0 Å². The molecule has 0 heterocycles. The second-order valence-electron chi connectivity index (χ2n) is 11.1. The Bertz CT molecular complexity index is 724. The number of aliphatic hydroxyl groups is 1.